The smallest absolute Gasteiger partial charge is 0.250 e. The van der Waals surface area contributed by atoms with Crippen molar-refractivity contribution in [2.24, 2.45) is 4.99 Å². The van der Waals surface area contributed by atoms with E-state index in [4.69, 9.17) is 23.2 Å². The highest BCUT2D eigenvalue weighted by molar-refractivity contribution is 6.35. The average molecular weight is 243 g/mol. The molecule has 0 fully saturated rings. The van der Waals surface area contributed by atoms with E-state index in [0.29, 0.717) is 15.9 Å². The topological polar surface area (TPSA) is 41.5 Å². The van der Waals surface area contributed by atoms with Gasteiger partial charge in [0, 0.05) is 15.6 Å². The van der Waals surface area contributed by atoms with Gasteiger partial charge in [0.1, 0.15) is 11.9 Å². The van der Waals surface area contributed by atoms with E-state index < -0.39 is 0 Å². The molecule has 1 heterocycles. The van der Waals surface area contributed by atoms with Gasteiger partial charge in [-0.15, -0.1) is 0 Å². The highest BCUT2D eigenvalue weighted by atomic mass is 35.5. The highest BCUT2D eigenvalue weighted by Gasteiger charge is 2.22. The monoisotopic (exact) mass is 242 g/mol. The van der Waals surface area contributed by atoms with Crippen LogP contribution in [0.25, 0.3) is 0 Å². The second-order valence-electron chi connectivity index (χ2n) is 3.30. The lowest BCUT2D eigenvalue weighted by atomic mass is 10.2. The van der Waals surface area contributed by atoms with Gasteiger partial charge in [0.25, 0.3) is 0 Å². The first-order valence-corrected chi connectivity index (χ1v) is 5.17. The number of nitrogens with zero attached hydrogens (tertiary/aromatic N) is 1. The van der Waals surface area contributed by atoms with Crippen LogP contribution in [-0.2, 0) is 4.79 Å². The Labute approximate surface area is 97.1 Å². The summed E-state index contributed by atoms with van der Waals surface area (Å²) in [6.45, 7) is 1.73. The minimum Gasteiger partial charge on any atom is -0.309 e. The molecule has 0 radical (unpaired) electrons. The molecule has 3 nitrogen and oxygen atoms in total. The first-order valence-electron chi connectivity index (χ1n) is 4.41. The van der Waals surface area contributed by atoms with Gasteiger partial charge in [0.05, 0.1) is 0 Å². The summed E-state index contributed by atoms with van der Waals surface area (Å²) in [4.78, 5) is 15.4. The molecule has 1 aliphatic heterocycles. The molecule has 1 atom stereocenters. The number of carbonyl (C=O) groups excluding carboxylic acids is 1. The molecule has 1 unspecified atom stereocenters. The van der Waals surface area contributed by atoms with Gasteiger partial charge in [-0.1, -0.05) is 23.2 Å². The van der Waals surface area contributed by atoms with Crippen LogP contribution in [0.2, 0.25) is 10.0 Å². The molecule has 1 N–H and O–H groups in total. The Bertz CT molecular complexity index is 436. The zero-order valence-electron chi connectivity index (χ0n) is 7.92. The summed E-state index contributed by atoms with van der Waals surface area (Å²) in [7, 11) is 0. The van der Waals surface area contributed by atoms with E-state index in [2.05, 4.69) is 10.3 Å². The van der Waals surface area contributed by atoms with Gasteiger partial charge in [-0.05, 0) is 25.1 Å². The lowest BCUT2D eigenvalue weighted by Gasteiger charge is -2.02. The number of halogens is 2. The van der Waals surface area contributed by atoms with Gasteiger partial charge in [-0.25, -0.2) is 0 Å². The Hall–Kier alpha value is -1.06. The van der Waals surface area contributed by atoms with Crippen LogP contribution in [0.4, 0.5) is 0 Å². The van der Waals surface area contributed by atoms with Gasteiger partial charge in [0.15, 0.2) is 0 Å². The maximum atomic E-state index is 11.2. The Balaban J connectivity index is 2.39. The number of aliphatic imine (C=N–C) groups is 1. The van der Waals surface area contributed by atoms with E-state index in [1.54, 1.807) is 25.1 Å². The van der Waals surface area contributed by atoms with E-state index in [1.165, 1.54) is 0 Å². The standard InChI is InChI=1S/C10H8Cl2N2O/c1-5-10(15)14-9(13-5)6-2-7(11)4-8(12)3-6/h2-5H,1H3,(H,13,14,15). The van der Waals surface area contributed by atoms with Gasteiger partial charge < -0.3 is 5.32 Å². The van der Waals surface area contributed by atoms with Crippen molar-refractivity contribution in [2.45, 2.75) is 13.0 Å². The lowest BCUT2D eigenvalue weighted by Crippen LogP contribution is -2.27. The fourth-order valence-electron chi connectivity index (χ4n) is 1.34. The zero-order valence-corrected chi connectivity index (χ0v) is 9.43. The van der Waals surface area contributed by atoms with Crippen molar-refractivity contribution in [3.05, 3.63) is 33.8 Å². The van der Waals surface area contributed by atoms with Gasteiger partial charge in [-0.3, -0.25) is 9.79 Å². The van der Waals surface area contributed by atoms with Crippen LogP contribution in [0.1, 0.15) is 12.5 Å². The van der Waals surface area contributed by atoms with Gasteiger partial charge >= 0.3 is 0 Å². The quantitative estimate of drug-likeness (QED) is 0.807. The molecule has 15 heavy (non-hydrogen) atoms. The molecule has 1 aromatic carbocycles. The molecule has 1 amide bonds. The largest absolute Gasteiger partial charge is 0.309 e. The molecule has 0 saturated carbocycles. The number of hydrogen-bond donors (Lipinski definition) is 1. The zero-order chi connectivity index (χ0) is 11.0. The molecule has 0 aromatic heterocycles. The lowest BCUT2D eigenvalue weighted by molar-refractivity contribution is -0.119. The molecule has 78 valence electrons. The van der Waals surface area contributed by atoms with Crippen LogP contribution in [0, 0.1) is 0 Å². The van der Waals surface area contributed by atoms with Crippen LogP contribution in [-0.4, -0.2) is 17.8 Å². The molecule has 0 bridgehead atoms. The van der Waals surface area contributed by atoms with Crippen LogP contribution in [0.15, 0.2) is 23.2 Å². The Kier molecular flexibility index (Phi) is 2.67. The Morgan fingerprint density at radius 1 is 1.27 bits per heavy atom. The van der Waals surface area contributed by atoms with Crippen molar-refractivity contribution < 1.29 is 4.79 Å². The van der Waals surface area contributed by atoms with Gasteiger partial charge in [-0.2, -0.15) is 0 Å². The van der Waals surface area contributed by atoms with E-state index in [1.807, 2.05) is 0 Å². The first-order chi connectivity index (χ1) is 7.06. The van der Waals surface area contributed by atoms with Gasteiger partial charge in [0.2, 0.25) is 5.91 Å². The summed E-state index contributed by atoms with van der Waals surface area (Å²) < 4.78 is 0. The number of hydrogen-bond acceptors (Lipinski definition) is 2. The molecule has 5 heteroatoms. The van der Waals surface area contributed by atoms with Crippen LogP contribution < -0.4 is 5.32 Å². The number of nitrogens with one attached hydrogen (secondary N) is 1. The summed E-state index contributed by atoms with van der Waals surface area (Å²) in [6.07, 6.45) is 0. The molecule has 0 saturated heterocycles. The predicted octanol–water partition coefficient (Wildman–Crippen LogP) is 2.26. The third-order valence-electron chi connectivity index (χ3n) is 2.08. The maximum absolute atomic E-state index is 11.2. The summed E-state index contributed by atoms with van der Waals surface area (Å²) in [5, 5.41) is 3.71. The van der Waals surface area contributed by atoms with E-state index >= 15 is 0 Å². The van der Waals surface area contributed by atoms with Crippen molar-refractivity contribution in [2.75, 3.05) is 0 Å². The predicted molar refractivity (Wildman–Crippen MR) is 60.6 cm³/mol. The van der Waals surface area contributed by atoms with E-state index in [0.717, 1.165) is 5.56 Å². The van der Waals surface area contributed by atoms with Crippen LogP contribution in [0.3, 0.4) is 0 Å². The highest BCUT2D eigenvalue weighted by Crippen LogP contribution is 2.20. The molecule has 1 aliphatic rings. The molecule has 1 aromatic rings. The van der Waals surface area contributed by atoms with Crippen molar-refractivity contribution >= 4 is 34.9 Å². The number of amides is 1. The fraction of sp³-hybridized carbons (Fsp3) is 0.200. The number of amidine groups is 1. The molecule has 0 spiro atoms. The van der Waals surface area contributed by atoms with Crippen molar-refractivity contribution in [3.8, 4) is 0 Å². The van der Waals surface area contributed by atoms with Crippen LogP contribution in [0.5, 0.6) is 0 Å². The van der Waals surface area contributed by atoms with Crippen molar-refractivity contribution in [1.82, 2.24) is 5.32 Å². The summed E-state index contributed by atoms with van der Waals surface area (Å²) >= 11 is 11.7. The van der Waals surface area contributed by atoms with Crippen molar-refractivity contribution in [3.63, 3.8) is 0 Å². The fourth-order valence-corrected chi connectivity index (χ4v) is 1.87. The summed E-state index contributed by atoms with van der Waals surface area (Å²) in [6, 6.07) is 4.71. The molecular weight excluding hydrogens is 235 g/mol. The van der Waals surface area contributed by atoms with Crippen LogP contribution >= 0.6 is 23.2 Å². The summed E-state index contributed by atoms with van der Waals surface area (Å²) in [5.74, 6) is 0.415. The normalized spacial score (nSPS) is 20.1. The first kappa shape index (κ1) is 10.5. The summed E-state index contributed by atoms with van der Waals surface area (Å²) in [5.41, 5.74) is 0.727. The average Bonchev–Trinajstić information content (AvgIpc) is 2.45. The number of carbonyl (C=O) groups is 1. The SMILES string of the molecule is CC1N=C(c2cc(Cl)cc(Cl)c2)NC1=O. The molecule has 0 aliphatic carbocycles. The second-order valence-corrected chi connectivity index (χ2v) is 4.17. The Morgan fingerprint density at radius 3 is 2.33 bits per heavy atom. The minimum absolute atomic E-state index is 0.110. The molecular formula is C10H8Cl2N2O. The van der Waals surface area contributed by atoms with E-state index in [9.17, 15) is 4.79 Å². The maximum Gasteiger partial charge on any atom is 0.250 e. The minimum atomic E-state index is -0.349. The van der Waals surface area contributed by atoms with Crippen molar-refractivity contribution in [1.29, 1.82) is 0 Å². The molecule has 2 rings (SSSR count). The number of rotatable bonds is 1. The Morgan fingerprint density at radius 2 is 1.87 bits per heavy atom. The third kappa shape index (κ3) is 2.13. The van der Waals surface area contributed by atoms with E-state index in [-0.39, 0.29) is 11.9 Å². The second kappa shape index (κ2) is 3.83. The third-order valence-corrected chi connectivity index (χ3v) is 2.52. The number of benzene rings is 1.